The molecule has 1 aliphatic rings. The summed E-state index contributed by atoms with van der Waals surface area (Å²) in [5, 5.41) is 0. The zero-order valence-electron chi connectivity index (χ0n) is 8.06. The topological polar surface area (TPSA) is 21.6 Å². The van der Waals surface area contributed by atoms with E-state index in [9.17, 15) is 0 Å². The summed E-state index contributed by atoms with van der Waals surface area (Å²) in [4.78, 5) is 4.51. The molecule has 1 aromatic carbocycles. The number of benzene rings is 1. The summed E-state index contributed by atoms with van der Waals surface area (Å²) in [6.07, 6.45) is 1.04. The van der Waals surface area contributed by atoms with Gasteiger partial charge >= 0.3 is 91.9 Å². The Morgan fingerprint density at radius 3 is 2.93 bits per heavy atom. The molecular formula is C11H12NOSe-. The number of hydrogen-bond acceptors (Lipinski definition) is 2. The van der Waals surface area contributed by atoms with Crippen molar-refractivity contribution in [3.05, 3.63) is 29.8 Å². The fraction of sp³-hybridized carbons (Fsp3) is 0.364. The van der Waals surface area contributed by atoms with Gasteiger partial charge in [0.15, 0.2) is 0 Å². The van der Waals surface area contributed by atoms with Crippen LogP contribution in [0.3, 0.4) is 0 Å². The Bertz CT molecular complexity index is 362. The van der Waals surface area contributed by atoms with E-state index in [0.29, 0.717) is 6.04 Å². The number of ether oxygens (including phenoxy) is 1. The first kappa shape index (κ1) is 9.75. The minimum atomic E-state index is 0.338. The fourth-order valence-electron chi connectivity index (χ4n) is 1.42. The average molecular weight is 253 g/mol. The molecule has 0 amide bonds. The summed E-state index contributed by atoms with van der Waals surface area (Å²) in [6, 6.07) is 8.40. The van der Waals surface area contributed by atoms with Gasteiger partial charge < -0.3 is 0 Å². The van der Waals surface area contributed by atoms with Gasteiger partial charge in [0.25, 0.3) is 0 Å². The van der Waals surface area contributed by atoms with Crippen LogP contribution in [0.15, 0.2) is 29.3 Å². The normalized spacial score (nSPS) is 20.4. The monoisotopic (exact) mass is 254 g/mol. The van der Waals surface area contributed by atoms with E-state index in [0.717, 1.165) is 29.0 Å². The molecule has 0 fully saturated rings. The second-order valence-electron chi connectivity index (χ2n) is 3.30. The third-order valence-corrected chi connectivity index (χ3v) is 3.05. The maximum absolute atomic E-state index is 5.55. The van der Waals surface area contributed by atoms with Gasteiger partial charge in [-0.15, -0.1) is 0 Å². The van der Waals surface area contributed by atoms with Crippen molar-refractivity contribution in [1.82, 2.24) is 0 Å². The molecule has 0 saturated carbocycles. The molecule has 0 radical (unpaired) electrons. The molecule has 0 unspecified atom stereocenters. The Kier molecular flexibility index (Phi) is 2.90. The predicted molar refractivity (Wildman–Crippen MR) is 58.4 cm³/mol. The van der Waals surface area contributed by atoms with E-state index < -0.39 is 0 Å². The standard InChI is InChI=1S/C11H13NOSe/c1-2-8-7-13-11(12-8)9-5-3-4-6-10(9)14/h3-6,8,14H,2,7H2,1H3/p-1/t8-/m1/s1. The van der Waals surface area contributed by atoms with Crippen molar-refractivity contribution in [3.63, 3.8) is 0 Å². The number of aliphatic imine (C=N–C) groups is 1. The van der Waals surface area contributed by atoms with Gasteiger partial charge in [-0.25, -0.2) is 0 Å². The summed E-state index contributed by atoms with van der Waals surface area (Å²) >= 11 is 3.02. The first-order valence-corrected chi connectivity index (χ1v) is 5.64. The molecule has 0 aromatic heterocycles. The molecule has 0 aliphatic carbocycles. The van der Waals surface area contributed by atoms with E-state index in [-0.39, 0.29) is 0 Å². The quantitative estimate of drug-likeness (QED) is 0.721. The summed E-state index contributed by atoms with van der Waals surface area (Å²) in [5.74, 6) is 0.784. The summed E-state index contributed by atoms with van der Waals surface area (Å²) in [6.45, 7) is 2.85. The van der Waals surface area contributed by atoms with Crippen LogP contribution in [0.5, 0.6) is 0 Å². The van der Waals surface area contributed by atoms with Gasteiger partial charge in [-0.1, -0.05) is 0 Å². The van der Waals surface area contributed by atoms with Gasteiger partial charge in [-0.05, 0) is 0 Å². The Morgan fingerprint density at radius 1 is 1.50 bits per heavy atom. The maximum atomic E-state index is 5.55. The van der Waals surface area contributed by atoms with Crippen LogP contribution in [-0.4, -0.2) is 34.6 Å². The zero-order valence-corrected chi connectivity index (χ0v) is 9.78. The molecule has 3 heteroatoms. The molecule has 2 rings (SSSR count). The molecule has 0 saturated heterocycles. The Hall–Kier alpha value is -0.791. The summed E-state index contributed by atoms with van der Waals surface area (Å²) in [5.41, 5.74) is 1.07. The van der Waals surface area contributed by atoms with Crippen LogP contribution >= 0.6 is 0 Å². The van der Waals surface area contributed by atoms with Crippen LogP contribution in [0.25, 0.3) is 0 Å². The summed E-state index contributed by atoms with van der Waals surface area (Å²) in [7, 11) is 0. The molecule has 2 nitrogen and oxygen atoms in total. The van der Waals surface area contributed by atoms with Crippen LogP contribution in [0.2, 0.25) is 0 Å². The van der Waals surface area contributed by atoms with Crippen molar-refractivity contribution in [2.45, 2.75) is 19.4 Å². The van der Waals surface area contributed by atoms with Crippen LogP contribution < -0.4 is 4.46 Å². The van der Waals surface area contributed by atoms with Crippen molar-refractivity contribution < 1.29 is 4.74 Å². The van der Waals surface area contributed by atoms with E-state index in [1.54, 1.807) is 0 Å². The van der Waals surface area contributed by atoms with E-state index in [1.165, 1.54) is 0 Å². The van der Waals surface area contributed by atoms with Gasteiger partial charge in [0.1, 0.15) is 0 Å². The van der Waals surface area contributed by atoms with Gasteiger partial charge in [0, 0.05) is 0 Å². The number of nitrogens with zero attached hydrogens (tertiary/aromatic N) is 1. The molecule has 1 heterocycles. The Balaban J connectivity index is 2.28. The second-order valence-corrected chi connectivity index (χ2v) is 4.23. The van der Waals surface area contributed by atoms with Gasteiger partial charge in [0.2, 0.25) is 0 Å². The van der Waals surface area contributed by atoms with Crippen LogP contribution in [0.4, 0.5) is 0 Å². The van der Waals surface area contributed by atoms with Crippen molar-refractivity contribution in [1.29, 1.82) is 0 Å². The van der Waals surface area contributed by atoms with E-state index in [1.807, 2.05) is 24.3 Å². The molecule has 0 N–H and O–H groups in total. The van der Waals surface area contributed by atoms with Gasteiger partial charge in [-0.3, -0.25) is 0 Å². The van der Waals surface area contributed by atoms with E-state index >= 15 is 0 Å². The van der Waals surface area contributed by atoms with Crippen LogP contribution in [0.1, 0.15) is 18.9 Å². The molecular weight excluding hydrogens is 241 g/mol. The van der Waals surface area contributed by atoms with Gasteiger partial charge in [0.05, 0.1) is 0 Å². The average Bonchev–Trinajstić information content (AvgIpc) is 2.67. The van der Waals surface area contributed by atoms with Gasteiger partial charge in [-0.2, -0.15) is 0 Å². The van der Waals surface area contributed by atoms with Crippen molar-refractivity contribution in [2.24, 2.45) is 4.99 Å². The van der Waals surface area contributed by atoms with Crippen LogP contribution in [0, 0.1) is 0 Å². The third kappa shape index (κ3) is 1.84. The number of hydrogen-bond donors (Lipinski definition) is 0. The summed E-state index contributed by atoms with van der Waals surface area (Å²) < 4.78 is 6.65. The SMILES string of the molecule is CC[C@@H]1COC(c2ccccc2[Se-])=N1. The third-order valence-electron chi connectivity index (χ3n) is 2.30. The van der Waals surface area contributed by atoms with Crippen molar-refractivity contribution >= 4 is 26.4 Å². The van der Waals surface area contributed by atoms with E-state index in [4.69, 9.17) is 4.74 Å². The Labute approximate surface area is 92.2 Å². The molecule has 1 aromatic rings. The van der Waals surface area contributed by atoms with Crippen LogP contribution in [-0.2, 0) is 4.74 Å². The fourth-order valence-corrected chi connectivity index (χ4v) is 1.91. The first-order chi connectivity index (χ1) is 6.81. The second kappa shape index (κ2) is 4.16. The zero-order chi connectivity index (χ0) is 9.97. The Morgan fingerprint density at radius 2 is 2.29 bits per heavy atom. The van der Waals surface area contributed by atoms with Crippen molar-refractivity contribution in [3.8, 4) is 0 Å². The number of rotatable bonds is 2. The molecule has 0 spiro atoms. The molecule has 1 atom stereocenters. The molecule has 1 aliphatic heterocycles. The molecule has 14 heavy (non-hydrogen) atoms. The van der Waals surface area contributed by atoms with Crippen molar-refractivity contribution in [2.75, 3.05) is 6.61 Å². The van der Waals surface area contributed by atoms with E-state index in [2.05, 4.69) is 27.9 Å². The minimum absolute atomic E-state index is 0.338. The molecule has 0 bridgehead atoms. The predicted octanol–water partition coefficient (Wildman–Crippen LogP) is 1.04. The molecule has 74 valence electrons. The first-order valence-electron chi connectivity index (χ1n) is 4.78.